The van der Waals surface area contributed by atoms with Gasteiger partial charge in [0.2, 0.25) is 0 Å². The minimum Gasteiger partial charge on any atom is -0.261 e. The first-order valence-electron chi connectivity index (χ1n) is 14.0. The second-order valence-corrected chi connectivity index (χ2v) is 10.4. The Labute approximate surface area is 240 Å². The highest BCUT2D eigenvalue weighted by atomic mass is 15.2. The minimum atomic E-state index is 0.996. The molecular weight excluding hydrogens is 498 g/mol. The first-order chi connectivity index (χ1) is 20.2. The van der Waals surface area contributed by atoms with Gasteiger partial charge in [0.1, 0.15) is 5.69 Å². The Hall–Kier alpha value is -5.28. The molecule has 0 aliphatic heterocycles. The van der Waals surface area contributed by atoms with Gasteiger partial charge in [-0.1, -0.05) is 103 Å². The molecule has 0 spiro atoms. The highest BCUT2D eigenvalue weighted by Gasteiger charge is 2.31. The van der Waals surface area contributed by atoms with Crippen LogP contribution in [0, 0.1) is 6.92 Å². The molecular formula is C38H30N3+. The van der Waals surface area contributed by atoms with Gasteiger partial charge in [-0.2, -0.15) is 4.57 Å². The van der Waals surface area contributed by atoms with Crippen LogP contribution in [-0.4, -0.2) is 9.55 Å². The first-order valence-corrected chi connectivity index (χ1v) is 14.0. The van der Waals surface area contributed by atoms with Crippen LogP contribution < -0.4 is 4.57 Å². The highest BCUT2D eigenvalue weighted by Crippen LogP contribution is 2.42. The average Bonchev–Trinajstić information content (AvgIpc) is 3.33. The molecule has 0 atom stereocenters. The zero-order chi connectivity index (χ0) is 27.8. The molecule has 0 unspecified atom stereocenters. The zero-order valence-corrected chi connectivity index (χ0v) is 23.2. The predicted molar refractivity (Wildman–Crippen MR) is 169 cm³/mol. The number of fused-ring (bicyclic) bond motifs is 1. The van der Waals surface area contributed by atoms with Crippen molar-refractivity contribution in [2.45, 2.75) is 6.92 Å². The monoisotopic (exact) mass is 528 g/mol. The summed E-state index contributed by atoms with van der Waals surface area (Å²) in [6.07, 6.45) is 1.87. The number of rotatable bonds is 5. The number of imidazole rings is 1. The van der Waals surface area contributed by atoms with E-state index in [1.807, 2.05) is 12.3 Å². The fraction of sp³-hybridized carbons (Fsp3) is 0.0526. The summed E-state index contributed by atoms with van der Waals surface area (Å²) < 4.78 is 4.74. The van der Waals surface area contributed by atoms with Crippen molar-refractivity contribution in [3.63, 3.8) is 0 Å². The number of hydrogen-bond acceptors (Lipinski definition) is 1. The van der Waals surface area contributed by atoms with Crippen LogP contribution in [0.4, 0.5) is 0 Å². The predicted octanol–water partition coefficient (Wildman–Crippen LogP) is 8.83. The topological polar surface area (TPSA) is 21.7 Å². The van der Waals surface area contributed by atoms with Gasteiger partial charge in [0.15, 0.2) is 11.0 Å². The van der Waals surface area contributed by atoms with E-state index < -0.39 is 0 Å². The number of para-hydroxylation sites is 2. The Morgan fingerprint density at radius 2 is 1.07 bits per heavy atom. The normalized spacial score (nSPS) is 11.2. The summed E-state index contributed by atoms with van der Waals surface area (Å²) in [4.78, 5) is 4.69. The molecule has 0 saturated heterocycles. The summed E-state index contributed by atoms with van der Waals surface area (Å²) in [5, 5.41) is 0. The highest BCUT2D eigenvalue weighted by molar-refractivity contribution is 5.94. The fourth-order valence-electron chi connectivity index (χ4n) is 5.91. The van der Waals surface area contributed by atoms with Crippen molar-refractivity contribution in [2.24, 2.45) is 7.05 Å². The maximum atomic E-state index is 4.69. The van der Waals surface area contributed by atoms with E-state index in [1.165, 1.54) is 33.4 Å². The molecule has 0 aliphatic rings. The maximum absolute atomic E-state index is 4.69. The van der Waals surface area contributed by atoms with Gasteiger partial charge in [-0.25, -0.2) is 4.57 Å². The lowest BCUT2D eigenvalue weighted by Gasteiger charge is -2.18. The third-order valence-corrected chi connectivity index (χ3v) is 7.87. The lowest BCUT2D eigenvalue weighted by atomic mass is 9.90. The molecule has 7 rings (SSSR count). The molecule has 2 heterocycles. The number of pyridine rings is 1. The van der Waals surface area contributed by atoms with Crippen molar-refractivity contribution in [2.75, 3.05) is 0 Å². The van der Waals surface area contributed by atoms with Crippen LogP contribution in [-0.2, 0) is 7.05 Å². The first kappa shape index (κ1) is 24.7. The van der Waals surface area contributed by atoms with Gasteiger partial charge in [0, 0.05) is 17.3 Å². The van der Waals surface area contributed by atoms with Crippen molar-refractivity contribution >= 4 is 11.0 Å². The van der Waals surface area contributed by atoms with Crippen LogP contribution in [0.1, 0.15) is 5.69 Å². The molecule has 3 nitrogen and oxygen atoms in total. The molecule has 196 valence electrons. The fourth-order valence-corrected chi connectivity index (χ4v) is 5.91. The Balaban J connectivity index is 1.69. The van der Waals surface area contributed by atoms with E-state index in [9.17, 15) is 0 Å². The molecule has 5 aromatic carbocycles. The minimum absolute atomic E-state index is 0.996. The molecule has 7 aromatic rings. The molecule has 0 saturated carbocycles. The Morgan fingerprint density at radius 1 is 0.537 bits per heavy atom. The summed E-state index contributed by atoms with van der Waals surface area (Å²) in [5.41, 5.74) is 12.6. The van der Waals surface area contributed by atoms with Crippen LogP contribution in [0.15, 0.2) is 146 Å². The SMILES string of the molecule is Cc1ncccc1-c1n(-c2c(-c3ccccc3)cc(-c3ccccc3)cc2-c2ccccc2)c2ccccc2[n+]1C. The largest absolute Gasteiger partial charge is 0.296 e. The van der Waals surface area contributed by atoms with Gasteiger partial charge in [0.05, 0.1) is 18.3 Å². The summed E-state index contributed by atoms with van der Waals surface area (Å²) in [5.74, 6) is 1.10. The third kappa shape index (κ3) is 4.32. The summed E-state index contributed by atoms with van der Waals surface area (Å²) in [6.45, 7) is 2.09. The van der Waals surface area contributed by atoms with Crippen LogP contribution in [0.2, 0.25) is 0 Å². The van der Waals surface area contributed by atoms with Crippen molar-refractivity contribution in [1.29, 1.82) is 0 Å². The van der Waals surface area contributed by atoms with E-state index in [0.717, 1.165) is 33.8 Å². The van der Waals surface area contributed by atoms with Gasteiger partial charge in [0.25, 0.3) is 5.82 Å². The van der Waals surface area contributed by atoms with Gasteiger partial charge in [-0.05, 0) is 65.6 Å². The maximum Gasteiger partial charge on any atom is 0.296 e. The molecule has 3 heteroatoms. The third-order valence-electron chi connectivity index (χ3n) is 7.87. The van der Waals surface area contributed by atoms with E-state index in [0.29, 0.717) is 0 Å². The average molecular weight is 529 g/mol. The van der Waals surface area contributed by atoms with Crippen LogP contribution in [0.3, 0.4) is 0 Å². The van der Waals surface area contributed by atoms with Crippen LogP contribution in [0.5, 0.6) is 0 Å². The standard InChI is InChI=1S/C38H30N3/c1-27-32(21-14-24-39-27)38-40(2)35-22-12-13-23-36(35)41(38)37-33(29-17-8-4-9-18-29)25-31(28-15-6-3-7-16-28)26-34(37)30-19-10-5-11-20-30/h3-26H,1-2H3/q+1. The summed E-state index contributed by atoms with van der Waals surface area (Å²) in [7, 11) is 2.16. The quantitative estimate of drug-likeness (QED) is 0.205. The molecule has 0 aliphatic carbocycles. The molecule has 0 amide bonds. The van der Waals surface area contributed by atoms with Crippen LogP contribution >= 0.6 is 0 Å². The van der Waals surface area contributed by atoms with Crippen molar-refractivity contribution in [3.05, 3.63) is 151 Å². The summed E-state index contributed by atoms with van der Waals surface area (Å²) in [6, 6.07) is 49.7. The van der Waals surface area contributed by atoms with E-state index in [4.69, 9.17) is 0 Å². The number of aryl methyl sites for hydroxylation is 2. The van der Waals surface area contributed by atoms with E-state index in [1.54, 1.807) is 0 Å². The van der Waals surface area contributed by atoms with Gasteiger partial charge in [-0.3, -0.25) is 4.98 Å². The molecule has 0 bridgehead atoms. The number of benzene rings is 5. The smallest absolute Gasteiger partial charge is 0.261 e. The van der Waals surface area contributed by atoms with Gasteiger partial charge in [-0.15, -0.1) is 0 Å². The lowest BCUT2D eigenvalue weighted by Crippen LogP contribution is -2.30. The van der Waals surface area contributed by atoms with E-state index in [-0.39, 0.29) is 0 Å². The van der Waals surface area contributed by atoms with E-state index in [2.05, 4.69) is 162 Å². The molecule has 41 heavy (non-hydrogen) atoms. The van der Waals surface area contributed by atoms with Crippen molar-refractivity contribution in [3.8, 4) is 50.5 Å². The number of hydrogen-bond donors (Lipinski definition) is 0. The second-order valence-electron chi connectivity index (χ2n) is 10.4. The number of nitrogens with zero attached hydrogens (tertiary/aromatic N) is 3. The number of aromatic nitrogens is 3. The molecule has 0 fully saturated rings. The molecule has 0 radical (unpaired) electrons. The van der Waals surface area contributed by atoms with Gasteiger partial charge < -0.3 is 0 Å². The Kier molecular flexibility index (Phi) is 6.25. The Bertz CT molecular complexity index is 1930. The van der Waals surface area contributed by atoms with Crippen molar-refractivity contribution in [1.82, 2.24) is 9.55 Å². The van der Waals surface area contributed by atoms with E-state index >= 15 is 0 Å². The van der Waals surface area contributed by atoms with Gasteiger partial charge >= 0.3 is 0 Å². The Morgan fingerprint density at radius 3 is 1.66 bits per heavy atom. The lowest BCUT2D eigenvalue weighted by molar-refractivity contribution is -0.633. The second kappa shape index (κ2) is 10.4. The zero-order valence-electron chi connectivity index (χ0n) is 23.2. The van der Waals surface area contributed by atoms with Crippen molar-refractivity contribution < 1.29 is 4.57 Å². The molecule has 0 N–H and O–H groups in total. The molecule has 2 aromatic heterocycles. The van der Waals surface area contributed by atoms with Crippen LogP contribution in [0.25, 0.3) is 61.5 Å². The summed E-state index contributed by atoms with van der Waals surface area (Å²) >= 11 is 0.